The summed E-state index contributed by atoms with van der Waals surface area (Å²) in [7, 11) is 0. The molecule has 2 heteroatoms. The molecule has 2 nitrogen and oxygen atoms in total. The van der Waals surface area contributed by atoms with Gasteiger partial charge in [0.2, 0.25) is 0 Å². The number of rotatable bonds is 10. The van der Waals surface area contributed by atoms with Gasteiger partial charge in [-0.15, -0.1) is 0 Å². The van der Waals surface area contributed by atoms with Gasteiger partial charge in [0, 0.05) is 12.6 Å². The summed E-state index contributed by atoms with van der Waals surface area (Å²) < 4.78 is 0. The third-order valence-corrected chi connectivity index (χ3v) is 3.17. The van der Waals surface area contributed by atoms with E-state index in [-0.39, 0.29) is 5.41 Å². The third kappa shape index (κ3) is 8.12. The molecule has 0 aliphatic heterocycles. The Bertz CT molecular complexity index is 151. The van der Waals surface area contributed by atoms with Gasteiger partial charge in [0.15, 0.2) is 0 Å². The quantitative estimate of drug-likeness (QED) is 0.563. The molecule has 0 aliphatic rings. The first kappa shape index (κ1) is 15.9. The van der Waals surface area contributed by atoms with Gasteiger partial charge >= 0.3 is 0 Å². The standard InChI is InChI=1S/C14H31NO/c1-5-8-13(9-6-2)15-11-7-10-14(3,4)12-16/h13,15-16H,5-12H2,1-4H3. The zero-order valence-corrected chi connectivity index (χ0v) is 11.7. The molecule has 2 N–H and O–H groups in total. The molecule has 0 rings (SSSR count). The van der Waals surface area contributed by atoms with Crippen molar-refractivity contribution in [3.8, 4) is 0 Å². The van der Waals surface area contributed by atoms with Crippen molar-refractivity contribution in [3.05, 3.63) is 0 Å². The molecule has 0 aromatic rings. The normalized spacial score (nSPS) is 12.4. The lowest BCUT2D eigenvalue weighted by Gasteiger charge is -2.23. The molecule has 98 valence electrons. The molecule has 0 atom stereocenters. The second-order valence-corrected chi connectivity index (χ2v) is 5.65. The minimum atomic E-state index is 0.0900. The summed E-state index contributed by atoms with van der Waals surface area (Å²) in [6, 6.07) is 0.701. The van der Waals surface area contributed by atoms with Crippen LogP contribution >= 0.6 is 0 Å². The Hall–Kier alpha value is -0.0800. The molecule has 0 saturated carbocycles. The van der Waals surface area contributed by atoms with E-state index in [1.54, 1.807) is 0 Å². The Morgan fingerprint density at radius 1 is 1.12 bits per heavy atom. The van der Waals surface area contributed by atoms with Crippen molar-refractivity contribution >= 4 is 0 Å². The second kappa shape index (κ2) is 9.00. The molecule has 0 amide bonds. The molecular formula is C14H31NO. The summed E-state index contributed by atoms with van der Waals surface area (Å²) in [5.74, 6) is 0. The SMILES string of the molecule is CCCC(CCC)NCCCC(C)(C)CO. The lowest BCUT2D eigenvalue weighted by molar-refractivity contribution is 0.147. The van der Waals surface area contributed by atoms with E-state index in [0.29, 0.717) is 12.6 Å². The maximum Gasteiger partial charge on any atom is 0.0482 e. The van der Waals surface area contributed by atoms with Gasteiger partial charge < -0.3 is 10.4 Å². The zero-order chi connectivity index (χ0) is 12.4. The van der Waals surface area contributed by atoms with Crippen LogP contribution in [0.4, 0.5) is 0 Å². The number of nitrogens with one attached hydrogen (secondary N) is 1. The molecule has 16 heavy (non-hydrogen) atoms. The van der Waals surface area contributed by atoms with E-state index in [4.69, 9.17) is 5.11 Å². The summed E-state index contributed by atoms with van der Waals surface area (Å²) in [5, 5.41) is 12.8. The minimum absolute atomic E-state index is 0.0900. The minimum Gasteiger partial charge on any atom is -0.396 e. The first-order valence-corrected chi connectivity index (χ1v) is 6.90. The van der Waals surface area contributed by atoms with Crippen LogP contribution in [0.3, 0.4) is 0 Å². The van der Waals surface area contributed by atoms with Gasteiger partial charge in [-0.1, -0.05) is 40.5 Å². The summed E-state index contributed by atoms with van der Waals surface area (Å²) in [6.07, 6.45) is 7.37. The van der Waals surface area contributed by atoms with Crippen LogP contribution in [-0.4, -0.2) is 24.3 Å². The fraction of sp³-hybridized carbons (Fsp3) is 1.00. The first-order chi connectivity index (χ1) is 7.55. The topological polar surface area (TPSA) is 32.3 Å². The number of aliphatic hydroxyl groups excluding tert-OH is 1. The van der Waals surface area contributed by atoms with Crippen molar-refractivity contribution in [2.45, 2.75) is 72.3 Å². The predicted molar refractivity (Wildman–Crippen MR) is 71.7 cm³/mol. The van der Waals surface area contributed by atoms with Crippen molar-refractivity contribution in [1.29, 1.82) is 0 Å². The van der Waals surface area contributed by atoms with Crippen LogP contribution in [0.25, 0.3) is 0 Å². The average Bonchev–Trinajstić information content (AvgIpc) is 2.25. The summed E-state index contributed by atoms with van der Waals surface area (Å²) in [6.45, 7) is 10.1. The fourth-order valence-electron chi connectivity index (χ4n) is 2.00. The molecule has 0 aromatic heterocycles. The van der Waals surface area contributed by atoms with E-state index < -0.39 is 0 Å². The Morgan fingerprint density at radius 3 is 2.12 bits per heavy atom. The summed E-state index contributed by atoms with van der Waals surface area (Å²) >= 11 is 0. The lowest BCUT2D eigenvalue weighted by Crippen LogP contribution is -2.30. The molecule has 0 aliphatic carbocycles. The van der Waals surface area contributed by atoms with Crippen LogP contribution in [0.1, 0.15) is 66.2 Å². The smallest absolute Gasteiger partial charge is 0.0482 e. The maximum atomic E-state index is 9.15. The molecule has 0 aromatic carbocycles. The lowest BCUT2D eigenvalue weighted by atomic mass is 9.89. The van der Waals surface area contributed by atoms with Crippen LogP contribution < -0.4 is 5.32 Å². The van der Waals surface area contributed by atoms with Crippen molar-refractivity contribution in [3.63, 3.8) is 0 Å². The Kier molecular flexibility index (Phi) is 8.96. The first-order valence-electron chi connectivity index (χ1n) is 6.90. The second-order valence-electron chi connectivity index (χ2n) is 5.65. The van der Waals surface area contributed by atoms with Crippen LogP contribution in [0.15, 0.2) is 0 Å². The number of hydrogen-bond donors (Lipinski definition) is 2. The van der Waals surface area contributed by atoms with Crippen molar-refractivity contribution in [2.75, 3.05) is 13.2 Å². The summed E-state index contributed by atoms with van der Waals surface area (Å²) in [5.41, 5.74) is 0.0900. The van der Waals surface area contributed by atoms with Crippen LogP contribution in [0, 0.1) is 5.41 Å². The van der Waals surface area contributed by atoms with Crippen molar-refractivity contribution in [2.24, 2.45) is 5.41 Å². The van der Waals surface area contributed by atoms with Gasteiger partial charge in [0.1, 0.15) is 0 Å². The van der Waals surface area contributed by atoms with E-state index in [9.17, 15) is 0 Å². The third-order valence-electron chi connectivity index (χ3n) is 3.17. The highest BCUT2D eigenvalue weighted by Gasteiger charge is 2.15. The largest absolute Gasteiger partial charge is 0.396 e. The molecular weight excluding hydrogens is 198 g/mol. The van der Waals surface area contributed by atoms with Gasteiger partial charge in [0.25, 0.3) is 0 Å². The highest BCUT2D eigenvalue weighted by Crippen LogP contribution is 2.20. The molecule has 0 fully saturated rings. The van der Waals surface area contributed by atoms with E-state index >= 15 is 0 Å². The van der Waals surface area contributed by atoms with Crippen molar-refractivity contribution < 1.29 is 5.11 Å². The van der Waals surface area contributed by atoms with Gasteiger partial charge in [-0.05, 0) is 37.6 Å². The van der Waals surface area contributed by atoms with Gasteiger partial charge in [-0.25, -0.2) is 0 Å². The summed E-state index contributed by atoms with van der Waals surface area (Å²) in [4.78, 5) is 0. The van der Waals surface area contributed by atoms with Crippen LogP contribution in [0.2, 0.25) is 0 Å². The van der Waals surface area contributed by atoms with Gasteiger partial charge in [-0.3, -0.25) is 0 Å². The molecule has 0 radical (unpaired) electrons. The molecule has 0 heterocycles. The number of hydrogen-bond acceptors (Lipinski definition) is 2. The van der Waals surface area contributed by atoms with Crippen molar-refractivity contribution in [1.82, 2.24) is 5.32 Å². The highest BCUT2D eigenvalue weighted by molar-refractivity contribution is 4.70. The van der Waals surface area contributed by atoms with E-state index in [2.05, 4.69) is 33.0 Å². The maximum absolute atomic E-state index is 9.15. The molecule has 0 spiro atoms. The average molecular weight is 229 g/mol. The molecule has 0 bridgehead atoms. The fourth-order valence-corrected chi connectivity index (χ4v) is 2.00. The van der Waals surface area contributed by atoms with Gasteiger partial charge in [-0.2, -0.15) is 0 Å². The molecule has 0 unspecified atom stereocenters. The Labute approximate surface area is 102 Å². The van der Waals surface area contributed by atoms with E-state index in [1.165, 1.54) is 25.7 Å². The Balaban J connectivity index is 3.61. The highest BCUT2D eigenvalue weighted by atomic mass is 16.3. The molecule has 0 saturated heterocycles. The van der Waals surface area contributed by atoms with E-state index in [0.717, 1.165) is 19.4 Å². The monoisotopic (exact) mass is 229 g/mol. The number of aliphatic hydroxyl groups is 1. The van der Waals surface area contributed by atoms with Crippen LogP contribution in [-0.2, 0) is 0 Å². The van der Waals surface area contributed by atoms with Crippen LogP contribution in [0.5, 0.6) is 0 Å². The predicted octanol–water partition coefficient (Wildman–Crippen LogP) is 3.34. The Morgan fingerprint density at radius 2 is 1.69 bits per heavy atom. The zero-order valence-electron chi connectivity index (χ0n) is 11.7. The van der Waals surface area contributed by atoms with E-state index in [1.807, 2.05) is 0 Å². The van der Waals surface area contributed by atoms with Gasteiger partial charge in [0.05, 0.1) is 0 Å².